The minimum absolute atomic E-state index is 0.0499. The van der Waals surface area contributed by atoms with Gasteiger partial charge in [0.05, 0.1) is 0 Å². The Hall–Kier alpha value is -1.63. The summed E-state index contributed by atoms with van der Waals surface area (Å²) >= 11 is 1.11. The van der Waals surface area contributed by atoms with Gasteiger partial charge in [-0.3, -0.25) is 9.59 Å². The fraction of sp³-hybridized carbons (Fsp3) is 0.615. The Labute approximate surface area is 120 Å². The number of aromatic nitrogens is 1. The van der Waals surface area contributed by atoms with Gasteiger partial charge in [-0.2, -0.15) is 0 Å². The van der Waals surface area contributed by atoms with Crippen molar-refractivity contribution in [3.05, 3.63) is 20.7 Å². The van der Waals surface area contributed by atoms with Crippen LogP contribution in [0.2, 0.25) is 0 Å². The van der Waals surface area contributed by atoms with Gasteiger partial charge in [-0.15, -0.1) is 0 Å². The molecule has 6 nitrogen and oxygen atoms in total. The van der Waals surface area contributed by atoms with E-state index in [1.807, 2.05) is 6.92 Å². The van der Waals surface area contributed by atoms with E-state index in [-0.39, 0.29) is 23.2 Å². The van der Waals surface area contributed by atoms with Crippen molar-refractivity contribution in [2.45, 2.75) is 51.7 Å². The van der Waals surface area contributed by atoms with Crippen LogP contribution < -0.4 is 4.87 Å². The fourth-order valence-electron chi connectivity index (χ4n) is 2.22. The number of carboxylic acid groups (broad SMARTS) is 1. The maximum Gasteiger partial charge on any atom is 0.326 e. The molecule has 1 aliphatic rings. The Morgan fingerprint density at radius 3 is 2.65 bits per heavy atom. The second-order valence-electron chi connectivity index (χ2n) is 5.09. The largest absolute Gasteiger partial charge is 0.480 e. The van der Waals surface area contributed by atoms with E-state index in [2.05, 4.69) is 0 Å². The molecule has 110 valence electrons. The molecule has 7 heteroatoms. The van der Waals surface area contributed by atoms with Crippen LogP contribution in [0.5, 0.6) is 0 Å². The summed E-state index contributed by atoms with van der Waals surface area (Å²) < 4.78 is 1.55. The second kappa shape index (κ2) is 5.78. The average molecular weight is 298 g/mol. The summed E-state index contributed by atoms with van der Waals surface area (Å²) in [6.07, 6.45) is 1.88. The third kappa shape index (κ3) is 3.09. The van der Waals surface area contributed by atoms with E-state index in [4.69, 9.17) is 5.11 Å². The van der Waals surface area contributed by atoms with E-state index in [1.54, 1.807) is 9.95 Å². The zero-order valence-corrected chi connectivity index (χ0v) is 12.4. The van der Waals surface area contributed by atoms with Gasteiger partial charge in [0.15, 0.2) is 0 Å². The molecule has 0 radical (unpaired) electrons. The van der Waals surface area contributed by atoms with Crippen LogP contribution in [0.25, 0.3) is 0 Å². The number of carboxylic acids is 1. The molecule has 1 unspecified atom stereocenters. The van der Waals surface area contributed by atoms with Crippen molar-refractivity contribution in [2.75, 3.05) is 0 Å². The number of thiazole rings is 1. The highest BCUT2D eigenvalue weighted by Crippen LogP contribution is 2.29. The topological polar surface area (TPSA) is 79.6 Å². The monoisotopic (exact) mass is 298 g/mol. The maximum absolute atomic E-state index is 12.2. The van der Waals surface area contributed by atoms with E-state index in [9.17, 15) is 14.4 Å². The van der Waals surface area contributed by atoms with Crippen molar-refractivity contribution < 1.29 is 14.7 Å². The minimum atomic E-state index is -0.992. The molecule has 0 bridgehead atoms. The lowest BCUT2D eigenvalue weighted by Gasteiger charge is -2.26. The molecule has 1 aromatic heterocycles. The molecule has 2 rings (SSSR count). The first-order chi connectivity index (χ1) is 9.41. The SMILES string of the molecule is Cc1csc(=O)n1CCC(=O)N(C1CC1)C(C)C(=O)O. The molecule has 0 spiro atoms. The Kier molecular flexibility index (Phi) is 4.27. The van der Waals surface area contributed by atoms with Crippen molar-refractivity contribution in [1.82, 2.24) is 9.47 Å². The minimum Gasteiger partial charge on any atom is -0.480 e. The molecule has 0 aliphatic heterocycles. The van der Waals surface area contributed by atoms with Crippen molar-refractivity contribution in [2.24, 2.45) is 0 Å². The number of amides is 1. The van der Waals surface area contributed by atoms with Crippen LogP contribution in [0.3, 0.4) is 0 Å². The maximum atomic E-state index is 12.2. The van der Waals surface area contributed by atoms with Crippen molar-refractivity contribution in [3.63, 3.8) is 0 Å². The fourth-order valence-corrected chi connectivity index (χ4v) is 2.98. The van der Waals surface area contributed by atoms with E-state index < -0.39 is 12.0 Å². The predicted octanol–water partition coefficient (Wildman–Crippen LogP) is 1.07. The molecule has 1 amide bonds. The predicted molar refractivity (Wildman–Crippen MR) is 74.9 cm³/mol. The Balaban J connectivity index is 2.02. The van der Waals surface area contributed by atoms with Gasteiger partial charge in [0.2, 0.25) is 5.91 Å². The summed E-state index contributed by atoms with van der Waals surface area (Å²) in [4.78, 5) is 36.3. The van der Waals surface area contributed by atoms with E-state index in [1.165, 1.54) is 11.8 Å². The summed E-state index contributed by atoms with van der Waals surface area (Å²) in [5.74, 6) is -1.19. The van der Waals surface area contributed by atoms with Crippen molar-refractivity contribution >= 4 is 23.2 Å². The van der Waals surface area contributed by atoms with Gasteiger partial charge in [0, 0.05) is 30.1 Å². The zero-order chi connectivity index (χ0) is 14.9. The normalized spacial score (nSPS) is 15.9. The number of hydrogen-bond donors (Lipinski definition) is 1. The first-order valence-corrected chi connectivity index (χ1v) is 7.48. The zero-order valence-electron chi connectivity index (χ0n) is 11.5. The van der Waals surface area contributed by atoms with Crippen LogP contribution in [-0.2, 0) is 16.1 Å². The molecule has 1 heterocycles. The van der Waals surface area contributed by atoms with Crippen LogP contribution in [0.1, 0.15) is 31.9 Å². The molecule has 1 N–H and O–H groups in total. The van der Waals surface area contributed by atoms with Crippen LogP contribution in [0, 0.1) is 6.92 Å². The van der Waals surface area contributed by atoms with Gasteiger partial charge in [-0.1, -0.05) is 11.3 Å². The standard InChI is InChI=1S/C13H18N2O4S/c1-8-7-20-13(19)14(8)6-5-11(16)15(10-3-4-10)9(2)12(17)18/h7,9-10H,3-6H2,1-2H3,(H,17,18). The molecule has 0 saturated heterocycles. The Morgan fingerprint density at radius 2 is 2.20 bits per heavy atom. The summed E-state index contributed by atoms with van der Waals surface area (Å²) in [5, 5.41) is 10.8. The first kappa shape index (κ1) is 14.8. The quantitative estimate of drug-likeness (QED) is 0.852. The Morgan fingerprint density at radius 1 is 1.55 bits per heavy atom. The number of rotatable bonds is 6. The summed E-state index contributed by atoms with van der Waals surface area (Å²) in [6.45, 7) is 3.66. The number of nitrogens with zero attached hydrogens (tertiary/aromatic N) is 2. The summed E-state index contributed by atoms with van der Waals surface area (Å²) in [6, 6.07) is -0.760. The highest BCUT2D eigenvalue weighted by Gasteiger charge is 2.38. The summed E-state index contributed by atoms with van der Waals surface area (Å²) in [7, 11) is 0. The van der Waals surface area contributed by atoms with Gasteiger partial charge < -0.3 is 14.6 Å². The van der Waals surface area contributed by atoms with Crippen LogP contribution in [-0.4, -0.2) is 38.5 Å². The molecule has 1 fully saturated rings. The van der Waals surface area contributed by atoms with Gasteiger partial charge in [0.1, 0.15) is 6.04 Å². The van der Waals surface area contributed by atoms with Gasteiger partial charge >= 0.3 is 10.8 Å². The highest BCUT2D eigenvalue weighted by molar-refractivity contribution is 7.07. The number of aryl methyl sites for hydroxylation is 1. The molecule has 1 saturated carbocycles. The summed E-state index contributed by atoms with van der Waals surface area (Å²) in [5.41, 5.74) is 0.831. The number of carbonyl (C=O) groups is 2. The first-order valence-electron chi connectivity index (χ1n) is 6.60. The molecular formula is C13H18N2O4S. The van der Waals surface area contributed by atoms with Crippen LogP contribution in [0.4, 0.5) is 0 Å². The molecule has 1 aromatic rings. The van der Waals surface area contributed by atoms with Gasteiger partial charge in [-0.05, 0) is 26.7 Å². The van der Waals surface area contributed by atoms with Crippen molar-refractivity contribution in [3.8, 4) is 0 Å². The van der Waals surface area contributed by atoms with Crippen LogP contribution >= 0.6 is 11.3 Å². The molecule has 1 atom stereocenters. The Bertz CT molecular complexity index is 573. The van der Waals surface area contributed by atoms with Gasteiger partial charge in [0.25, 0.3) is 0 Å². The number of carbonyl (C=O) groups excluding carboxylic acids is 1. The lowest BCUT2D eigenvalue weighted by molar-refractivity contribution is -0.150. The third-order valence-corrected chi connectivity index (χ3v) is 4.41. The van der Waals surface area contributed by atoms with E-state index >= 15 is 0 Å². The molecule has 1 aliphatic carbocycles. The third-order valence-electron chi connectivity index (χ3n) is 3.53. The number of aliphatic carboxylic acids is 1. The molecular weight excluding hydrogens is 280 g/mol. The lowest BCUT2D eigenvalue weighted by Crippen LogP contribution is -2.45. The second-order valence-corrected chi connectivity index (χ2v) is 5.91. The smallest absolute Gasteiger partial charge is 0.326 e. The molecule has 0 aromatic carbocycles. The van der Waals surface area contributed by atoms with Crippen LogP contribution in [0.15, 0.2) is 10.2 Å². The molecule has 20 heavy (non-hydrogen) atoms. The average Bonchev–Trinajstić information content (AvgIpc) is 3.15. The lowest BCUT2D eigenvalue weighted by atomic mass is 10.2. The van der Waals surface area contributed by atoms with Crippen molar-refractivity contribution in [1.29, 1.82) is 0 Å². The van der Waals surface area contributed by atoms with E-state index in [0.29, 0.717) is 6.54 Å². The number of hydrogen-bond acceptors (Lipinski definition) is 4. The highest BCUT2D eigenvalue weighted by atomic mass is 32.1. The van der Waals surface area contributed by atoms with E-state index in [0.717, 1.165) is 29.9 Å². The van der Waals surface area contributed by atoms with Gasteiger partial charge in [-0.25, -0.2) is 4.79 Å².